The molecule has 3 rings (SSSR count). The molecular formula is C16H15F3N4OS. The standard InChI is InChI=1S/C16H15F3N4OS/c17-11-2-1-5-21-16(11)24-10-3-6-23(7-4-10)12(8-20)14-13(15(18)19)22-9-25-14/h1-2,5,9-10,12,15H,3-4,6-7H2. The summed E-state index contributed by atoms with van der Waals surface area (Å²) in [6.45, 7) is 0.968. The smallest absolute Gasteiger partial charge is 0.281 e. The van der Waals surface area contributed by atoms with Crippen LogP contribution in [0.3, 0.4) is 0 Å². The molecular weight excluding hydrogens is 353 g/mol. The van der Waals surface area contributed by atoms with Crippen LogP contribution in [0, 0.1) is 17.1 Å². The molecule has 1 aliphatic rings. The molecule has 1 atom stereocenters. The van der Waals surface area contributed by atoms with E-state index in [1.54, 1.807) is 0 Å². The van der Waals surface area contributed by atoms with Crippen LogP contribution in [0.2, 0.25) is 0 Å². The first-order valence-corrected chi connectivity index (χ1v) is 8.60. The second-order valence-electron chi connectivity index (χ2n) is 5.58. The Morgan fingerprint density at radius 2 is 2.08 bits per heavy atom. The number of piperidine rings is 1. The van der Waals surface area contributed by atoms with Crippen LogP contribution in [-0.4, -0.2) is 34.1 Å². The second-order valence-corrected chi connectivity index (χ2v) is 6.46. The van der Waals surface area contributed by atoms with E-state index in [0.29, 0.717) is 25.9 Å². The summed E-state index contributed by atoms with van der Waals surface area (Å²) in [6.07, 6.45) is -0.371. The number of hydrogen-bond donors (Lipinski definition) is 0. The van der Waals surface area contributed by atoms with E-state index in [-0.39, 0.29) is 22.6 Å². The molecule has 1 fully saturated rings. The van der Waals surface area contributed by atoms with Gasteiger partial charge in [-0.25, -0.2) is 23.1 Å². The highest BCUT2D eigenvalue weighted by Crippen LogP contribution is 2.34. The molecule has 25 heavy (non-hydrogen) atoms. The molecule has 9 heteroatoms. The lowest BCUT2D eigenvalue weighted by molar-refractivity contribution is 0.0805. The number of ether oxygens (including phenoxy) is 1. The molecule has 132 valence electrons. The van der Waals surface area contributed by atoms with Gasteiger partial charge in [0.05, 0.1) is 16.5 Å². The maximum absolute atomic E-state index is 13.6. The molecule has 0 aromatic carbocycles. The maximum atomic E-state index is 13.6. The minimum atomic E-state index is -2.70. The zero-order chi connectivity index (χ0) is 17.8. The Labute approximate surface area is 146 Å². The summed E-state index contributed by atoms with van der Waals surface area (Å²) < 4.78 is 45.2. The number of rotatable bonds is 5. The summed E-state index contributed by atoms with van der Waals surface area (Å²) in [7, 11) is 0. The molecule has 0 spiro atoms. The Hall–Kier alpha value is -2.18. The number of nitriles is 1. The van der Waals surface area contributed by atoms with Gasteiger partial charge in [-0.05, 0) is 25.0 Å². The number of likely N-dealkylation sites (tertiary alicyclic amines) is 1. The van der Waals surface area contributed by atoms with Crippen molar-refractivity contribution >= 4 is 11.3 Å². The highest BCUT2D eigenvalue weighted by atomic mass is 32.1. The lowest BCUT2D eigenvalue weighted by atomic mass is 10.0. The first kappa shape index (κ1) is 17.6. The molecule has 0 N–H and O–H groups in total. The van der Waals surface area contributed by atoms with Gasteiger partial charge in [0.15, 0.2) is 5.82 Å². The molecule has 0 amide bonds. The van der Waals surface area contributed by atoms with Gasteiger partial charge in [0.1, 0.15) is 17.8 Å². The number of halogens is 3. The molecule has 0 radical (unpaired) electrons. The monoisotopic (exact) mass is 368 g/mol. The molecule has 5 nitrogen and oxygen atoms in total. The quantitative estimate of drug-likeness (QED) is 0.805. The molecule has 1 saturated heterocycles. The topological polar surface area (TPSA) is 62.0 Å². The number of aromatic nitrogens is 2. The summed E-state index contributed by atoms with van der Waals surface area (Å²) >= 11 is 1.06. The number of alkyl halides is 2. The van der Waals surface area contributed by atoms with Crippen LogP contribution in [0.25, 0.3) is 0 Å². The molecule has 2 aromatic heterocycles. The SMILES string of the molecule is N#CC(c1scnc1C(F)F)N1CCC(Oc2ncccc2F)CC1. The minimum absolute atomic E-state index is 0.0415. The van der Waals surface area contributed by atoms with Crippen molar-refractivity contribution in [2.24, 2.45) is 0 Å². The number of thiazole rings is 1. The van der Waals surface area contributed by atoms with Gasteiger partial charge >= 0.3 is 0 Å². The average Bonchev–Trinajstić information content (AvgIpc) is 3.09. The van der Waals surface area contributed by atoms with E-state index < -0.39 is 18.3 Å². The Balaban J connectivity index is 1.64. The van der Waals surface area contributed by atoms with E-state index in [9.17, 15) is 18.4 Å². The first-order valence-electron chi connectivity index (χ1n) is 7.72. The van der Waals surface area contributed by atoms with Gasteiger partial charge in [-0.1, -0.05) is 0 Å². The molecule has 0 aliphatic carbocycles. The van der Waals surface area contributed by atoms with E-state index in [1.165, 1.54) is 23.8 Å². The Bertz CT molecular complexity index is 756. The highest BCUT2D eigenvalue weighted by molar-refractivity contribution is 7.09. The van der Waals surface area contributed by atoms with Crippen LogP contribution in [0.1, 0.15) is 35.9 Å². The lowest BCUT2D eigenvalue weighted by Crippen LogP contribution is -2.40. The van der Waals surface area contributed by atoms with Crippen LogP contribution in [0.5, 0.6) is 5.88 Å². The minimum Gasteiger partial charge on any atom is -0.472 e. The van der Waals surface area contributed by atoms with Gasteiger partial charge in [0.2, 0.25) is 0 Å². The van der Waals surface area contributed by atoms with Crippen LogP contribution >= 0.6 is 11.3 Å². The van der Waals surface area contributed by atoms with Crippen molar-refractivity contribution in [1.82, 2.24) is 14.9 Å². The molecule has 1 aliphatic heterocycles. The number of nitrogens with zero attached hydrogens (tertiary/aromatic N) is 4. The lowest BCUT2D eigenvalue weighted by Gasteiger charge is -2.34. The first-order chi connectivity index (χ1) is 12.1. The van der Waals surface area contributed by atoms with Gasteiger partial charge in [0.25, 0.3) is 12.3 Å². The summed E-state index contributed by atoms with van der Waals surface area (Å²) in [6, 6.07) is 4.09. The van der Waals surface area contributed by atoms with Crippen molar-refractivity contribution in [3.63, 3.8) is 0 Å². The van der Waals surface area contributed by atoms with Gasteiger partial charge in [-0.3, -0.25) is 4.90 Å². The van der Waals surface area contributed by atoms with Crippen LogP contribution in [-0.2, 0) is 0 Å². The molecule has 3 heterocycles. The van der Waals surface area contributed by atoms with Crippen molar-refractivity contribution in [2.75, 3.05) is 13.1 Å². The summed E-state index contributed by atoms with van der Waals surface area (Å²) in [5, 5.41) is 9.45. The number of pyridine rings is 1. The van der Waals surface area contributed by atoms with Gasteiger partial charge in [-0.15, -0.1) is 11.3 Å². The largest absolute Gasteiger partial charge is 0.472 e. The van der Waals surface area contributed by atoms with Gasteiger partial charge in [-0.2, -0.15) is 5.26 Å². The van der Waals surface area contributed by atoms with Crippen molar-refractivity contribution in [1.29, 1.82) is 5.26 Å². The Kier molecular flexibility index (Phi) is 5.50. The highest BCUT2D eigenvalue weighted by Gasteiger charge is 2.31. The van der Waals surface area contributed by atoms with Crippen LogP contribution in [0.15, 0.2) is 23.8 Å². The van der Waals surface area contributed by atoms with Gasteiger partial charge in [0, 0.05) is 19.3 Å². The fourth-order valence-corrected chi connectivity index (χ4v) is 3.68. The molecule has 0 bridgehead atoms. The van der Waals surface area contributed by atoms with E-state index in [0.717, 1.165) is 11.3 Å². The number of hydrogen-bond acceptors (Lipinski definition) is 6. The molecule has 0 saturated carbocycles. The predicted octanol–water partition coefficient (Wildman–Crippen LogP) is 3.72. The van der Waals surface area contributed by atoms with E-state index >= 15 is 0 Å². The fourth-order valence-electron chi connectivity index (χ4n) is 2.81. The summed E-state index contributed by atoms with van der Waals surface area (Å²) in [4.78, 5) is 9.65. The predicted molar refractivity (Wildman–Crippen MR) is 84.8 cm³/mol. The van der Waals surface area contributed by atoms with E-state index in [2.05, 4.69) is 16.0 Å². The van der Waals surface area contributed by atoms with Crippen LogP contribution < -0.4 is 4.74 Å². The Morgan fingerprint density at radius 1 is 1.32 bits per heavy atom. The normalized spacial score (nSPS) is 17.4. The van der Waals surface area contributed by atoms with Crippen molar-refractivity contribution < 1.29 is 17.9 Å². The fraction of sp³-hybridized carbons (Fsp3) is 0.438. The van der Waals surface area contributed by atoms with Gasteiger partial charge < -0.3 is 4.74 Å². The van der Waals surface area contributed by atoms with Crippen molar-refractivity contribution in [3.05, 3.63) is 40.2 Å². The average molecular weight is 368 g/mol. The zero-order valence-electron chi connectivity index (χ0n) is 13.1. The third kappa shape index (κ3) is 3.91. The third-order valence-corrected chi connectivity index (χ3v) is 4.94. The molecule has 2 aromatic rings. The third-order valence-electron chi connectivity index (χ3n) is 4.05. The maximum Gasteiger partial charge on any atom is 0.281 e. The van der Waals surface area contributed by atoms with Crippen LogP contribution in [0.4, 0.5) is 13.2 Å². The molecule has 1 unspecified atom stereocenters. The zero-order valence-corrected chi connectivity index (χ0v) is 13.9. The second kappa shape index (κ2) is 7.80. The van der Waals surface area contributed by atoms with E-state index in [4.69, 9.17) is 4.74 Å². The Morgan fingerprint density at radius 3 is 2.72 bits per heavy atom. The van der Waals surface area contributed by atoms with E-state index in [1.807, 2.05) is 4.90 Å². The van der Waals surface area contributed by atoms with Crippen molar-refractivity contribution in [3.8, 4) is 11.9 Å². The summed E-state index contributed by atoms with van der Waals surface area (Å²) in [5.74, 6) is -0.564. The van der Waals surface area contributed by atoms with Crippen molar-refractivity contribution in [2.45, 2.75) is 31.4 Å². The summed E-state index contributed by atoms with van der Waals surface area (Å²) in [5.41, 5.74) is 1.01.